The highest BCUT2D eigenvalue weighted by molar-refractivity contribution is 6.05. The second-order valence-corrected chi connectivity index (χ2v) is 7.00. The first-order chi connectivity index (χ1) is 14.7. The summed E-state index contributed by atoms with van der Waals surface area (Å²) in [5.41, 5.74) is -0.551. The lowest BCUT2D eigenvalue weighted by Gasteiger charge is -2.29. The molecule has 0 radical (unpaired) electrons. The van der Waals surface area contributed by atoms with Gasteiger partial charge in [0, 0.05) is 24.7 Å². The van der Waals surface area contributed by atoms with Crippen LogP contribution in [0.1, 0.15) is 42.1 Å². The molecule has 160 valence electrons. The standard InChI is InChI=1S/C21H17F3N4O3/c22-21(23,24)17-10-14(8-9-26-17)27-20(31)28-19(13-6-4-12(11-25)5-7-13)18-15(29)2-1-3-16(18)30/h4-10,18-19H,1-3H2,(H2,26,27,28,31). The zero-order valence-electron chi connectivity index (χ0n) is 16.1. The number of carbonyl (C=O) groups excluding carboxylic acids is 3. The number of nitrogens with one attached hydrogen (secondary N) is 2. The molecule has 0 bridgehead atoms. The van der Waals surface area contributed by atoms with Crippen LogP contribution >= 0.6 is 0 Å². The summed E-state index contributed by atoms with van der Waals surface area (Å²) < 4.78 is 38.5. The predicted octanol–water partition coefficient (Wildman–Crippen LogP) is 3.77. The van der Waals surface area contributed by atoms with Crippen LogP contribution in [-0.4, -0.2) is 22.6 Å². The van der Waals surface area contributed by atoms with Gasteiger partial charge < -0.3 is 10.6 Å². The Balaban J connectivity index is 1.86. The fourth-order valence-corrected chi connectivity index (χ4v) is 3.40. The first-order valence-electron chi connectivity index (χ1n) is 9.35. The summed E-state index contributed by atoms with van der Waals surface area (Å²) >= 11 is 0. The maximum Gasteiger partial charge on any atom is 0.433 e. The second kappa shape index (κ2) is 8.95. The van der Waals surface area contributed by atoms with Crippen molar-refractivity contribution >= 4 is 23.3 Å². The molecule has 10 heteroatoms. The van der Waals surface area contributed by atoms with E-state index in [-0.39, 0.29) is 30.1 Å². The zero-order chi connectivity index (χ0) is 22.6. The van der Waals surface area contributed by atoms with Gasteiger partial charge >= 0.3 is 12.2 Å². The molecule has 3 rings (SSSR count). The number of nitrogens with zero attached hydrogens (tertiary/aromatic N) is 2. The van der Waals surface area contributed by atoms with Crippen LogP contribution in [0.3, 0.4) is 0 Å². The normalized spacial score (nSPS) is 15.8. The number of Topliss-reactive ketones (excluding diaryl/α,β-unsaturated/α-hetero) is 2. The van der Waals surface area contributed by atoms with E-state index < -0.39 is 29.9 Å². The second-order valence-electron chi connectivity index (χ2n) is 7.00. The maximum absolute atomic E-state index is 12.8. The number of hydrogen-bond acceptors (Lipinski definition) is 5. The number of nitriles is 1. The first kappa shape index (κ1) is 22.0. The van der Waals surface area contributed by atoms with E-state index in [4.69, 9.17) is 5.26 Å². The third-order valence-corrected chi connectivity index (χ3v) is 4.87. The van der Waals surface area contributed by atoms with Gasteiger partial charge in [-0.2, -0.15) is 18.4 Å². The number of benzene rings is 1. The molecule has 0 aliphatic heterocycles. The molecule has 2 aromatic rings. The van der Waals surface area contributed by atoms with Crippen LogP contribution in [0.25, 0.3) is 0 Å². The van der Waals surface area contributed by atoms with Crippen LogP contribution in [0.2, 0.25) is 0 Å². The maximum atomic E-state index is 12.8. The largest absolute Gasteiger partial charge is 0.433 e. The monoisotopic (exact) mass is 430 g/mol. The van der Waals surface area contributed by atoms with E-state index in [0.717, 1.165) is 6.20 Å². The Morgan fingerprint density at radius 1 is 1.13 bits per heavy atom. The number of urea groups is 1. The number of amides is 2. The first-order valence-corrected chi connectivity index (χ1v) is 9.35. The molecule has 1 aromatic carbocycles. The number of pyridine rings is 1. The van der Waals surface area contributed by atoms with Crippen molar-refractivity contribution in [3.05, 3.63) is 59.4 Å². The number of aromatic nitrogens is 1. The minimum Gasteiger partial charge on any atom is -0.330 e. The smallest absolute Gasteiger partial charge is 0.330 e. The lowest BCUT2D eigenvalue weighted by Crippen LogP contribution is -2.43. The number of alkyl halides is 3. The van der Waals surface area contributed by atoms with E-state index in [1.54, 1.807) is 0 Å². The van der Waals surface area contributed by atoms with E-state index in [0.29, 0.717) is 23.6 Å². The van der Waals surface area contributed by atoms with Gasteiger partial charge in [-0.3, -0.25) is 14.6 Å². The molecule has 1 fully saturated rings. The molecule has 2 amide bonds. The van der Waals surface area contributed by atoms with E-state index in [9.17, 15) is 27.6 Å². The predicted molar refractivity (Wildman–Crippen MR) is 103 cm³/mol. The molecule has 1 atom stereocenters. The van der Waals surface area contributed by atoms with E-state index in [1.165, 1.54) is 30.3 Å². The summed E-state index contributed by atoms with van der Waals surface area (Å²) in [6, 6.07) is 7.90. The summed E-state index contributed by atoms with van der Waals surface area (Å²) in [6.07, 6.45) is -2.97. The highest BCUT2D eigenvalue weighted by Crippen LogP contribution is 2.31. The summed E-state index contributed by atoms with van der Waals surface area (Å²) in [7, 11) is 0. The molecule has 2 N–H and O–H groups in total. The van der Waals surface area contributed by atoms with Crippen molar-refractivity contribution in [3.8, 4) is 6.07 Å². The fraction of sp³-hybridized carbons (Fsp3) is 0.286. The summed E-state index contributed by atoms with van der Waals surface area (Å²) in [5.74, 6) is -1.76. The number of hydrogen-bond donors (Lipinski definition) is 2. The number of ketones is 2. The average Bonchev–Trinajstić information content (AvgIpc) is 2.72. The van der Waals surface area contributed by atoms with Crippen LogP contribution in [0, 0.1) is 17.2 Å². The van der Waals surface area contributed by atoms with E-state index in [2.05, 4.69) is 15.6 Å². The van der Waals surface area contributed by atoms with Gasteiger partial charge in [0.25, 0.3) is 0 Å². The molecular weight excluding hydrogens is 413 g/mol. The van der Waals surface area contributed by atoms with Crippen molar-refractivity contribution in [2.24, 2.45) is 5.92 Å². The van der Waals surface area contributed by atoms with Gasteiger partial charge in [-0.05, 0) is 36.2 Å². The van der Waals surface area contributed by atoms with Gasteiger partial charge in [0.1, 0.15) is 23.2 Å². The Bertz CT molecular complexity index is 1030. The van der Waals surface area contributed by atoms with Gasteiger partial charge in [0.2, 0.25) is 0 Å². The molecule has 1 aliphatic carbocycles. The van der Waals surface area contributed by atoms with Crippen molar-refractivity contribution in [3.63, 3.8) is 0 Å². The van der Waals surface area contributed by atoms with Crippen molar-refractivity contribution < 1.29 is 27.6 Å². The lowest BCUT2D eigenvalue weighted by atomic mass is 9.79. The van der Waals surface area contributed by atoms with Crippen LogP contribution in [0.5, 0.6) is 0 Å². The quantitative estimate of drug-likeness (QED) is 0.717. The van der Waals surface area contributed by atoms with Gasteiger partial charge in [-0.25, -0.2) is 4.79 Å². The Kier molecular flexibility index (Phi) is 6.34. The Labute approximate surface area is 175 Å². The van der Waals surface area contributed by atoms with Gasteiger partial charge in [-0.1, -0.05) is 12.1 Å². The molecule has 1 saturated carbocycles. The molecule has 0 spiro atoms. The molecule has 7 nitrogen and oxygen atoms in total. The number of rotatable bonds is 4. The van der Waals surface area contributed by atoms with Gasteiger partial charge in [0.05, 0.1) is 17.7 Å². The topological polar surface area (TPSA) is 112 Å². The number of carbonyl (C=O) groups is 3. The minimum absolute atomic E-state index is 0.153. The molecule has 1 heterocycles. The molecule has 1 unspecified atom stereocenters. The van der Waals surface area contributed by atoms with Crippen LogP contribution in [0.4, 0.5) is 23.7 Å². The minimum atomic E-state index is -4.68. The van der Waals surface area contributed by atoms with Crippen molar-refractivity contribution in [2.75, 3.05) is 5.32 Å². The highest BCUT2D eigenvalue weighted by Gasteiger charge is 2.38. The molecular formula is C21H17F3N4O3. The Morgan fingerprint density at radius 2 is 1.77 bits per heavy atom. The number of anilines is 1. The summed E-state index contributed by atoms with van der Waals surface area (Å²) in [4.78, 5) is 40.7. The van der Waals surface area contributed by atoms with Crippen molar-refractivity contribution in [2.45, 2.75) is 31.5 Å². The summed E-state index contributed by atoms with van der Waals surface area (Å²) in [5, 5.41) is 13.8. The SMILES string of the molecule is N#Cc1ccc(C(NC(=O)Nc2ccnc(C(F)(F)F)c2)C2C(=O)CCCC2=O)cc1. The molecule has 31 heavy (non-hydrogen) atoms. The zero-order valence-corrected chi connectivity index (χ0v) is 16.1. The number of halogens is 3. The third kappa shape index (κ3) is 5.25. The van der Waals surface area contributed by atoms with Crippen LogP contribution in [0.15, 0.2) is 42.6 Å². The van der Waals surface area contributed by atoms with Crippen molar-refractivity contribution in [1.82, 2.24) is 10.3 Å². The van der Waals surface area contributed by atoms with Crippen LogP contribution < -0.4 is 10.6 Å². The lowest BCUT2D eigenvalue weighted by molar-refractivity contribution is -0.141. The van der Waals surface area contributed by atoms with Crippen molar-refractivity contribution in [1.29, 1.82) is 5.26 Å². The Morgan fingerprint density at radius 3 is 2.35 bits per heavy atom. The highest BCUT2D eigenvalue weighted by atomic mass is 19.4. The van der Waals surface area contributed by atoms with Gasteiger partial charge in [-0.15, -0.1) is 0 Å². The third-order valence-electron chi connectivity index (χ3n) is 4.87. The fourth-order valence-electron chi connectivity index (χ4n) is 3.40. The average molecular weight is 430 g/mol. The van der Waals surface area contributed by atoms with Crippen LogP contribution in [-0.2, 0) is 15.8 Å². The molecule has 1 aromatic heterocycles. The van der Waals surface area contributed by atoms with E-state index in [1.807, 2.05) is 6.07 Å². The summed E-state index contributed by atoms with van der Waals surface area (Å²) in [6.45, 7) is 0. The van der Waals surface area contributed by atoms with E-state index >= 15 is 0 Å². The van der Waals surface area contributed by atoms with Gasteiger partial charge in [0.15, 0.2) is 0 Å². The molecule has 1 aliphatic rings. The molecule has 0 saturated heterocycles. The Hall–Kier alpha value is -3.74.